The lowest BCUT2D eigenvalue weighted by Gasteiger charge is -2.30. The molecule has 0 radical (unpaired) electrons. The van der Waals surface area contributed by atoms with Gasteiger partial charge in [0.1, 0.15) is 0 Å². The molecule has 3 rings (SSSR count). The van der Waals surface area contributed by atoms with Crippen molar-refractivity contribution in [3.8, 4) is 0 Å². The van der Waals surface area contributed by atoms with Gasteiger partial charge in [-0.05, 0) is 50.8 Å². The molecule has 0 aliphatic carbocycles. The minimum atomic E-state index is -0.0461. The van der Waals surface area contributed by atoms with Crippen LogP contribution in [-0.4, -0.2) is 44.0 Å². The highest BCUT2D eigenvalue weighted by Crippen LogP contribution is 2.22. The highest BCUT2D eigenvalue weighted by molar-refractivity contribution is 5.99. The van der Waals surface area contributed by atoms with E-state index < -0.39 is 0 Å². The molecule has 2 heterocycles. The van der Waals surface area contributed by atoms with Crippen LogP contribution < -0.4 is 15.1 Å². The fourth-order valence-corrected chi connectivity index (χ4v) is 3.98. The molecule has 5 nitrogen and oxygen atoms in total. The third-order valence-corrected chi connectivity index (χ3v) is 5.54. The summed E-state index contributed by atoms with van der Waals surface area (Å²) in [6, 6.07) is 8.16. The van der Waals surface area contributed by atoms with Crippen molar-refractivity contribution in [3.05, 3.63) is 29.8 Å². The van der Waals surface area contributed by atoms with Gasteiger partial charge in [-0.2, -0.15) is 0 Å². The molecular formula is C20H30N3O2+. The normalized spacial score (nSPS) is 23.7. The highest BCUT2D eigenvalue weighted by Gasteiger charge is 2.23. The molecule has 2 aliphatic rings. The molecule has 1 unspecified atom stereocenters. The number of piperidine rings is 1. The molecule has 1 aromatic carbocycles. The molecule has 0 aromatic heterocycles. The quantitative estimate of drug-likeness (QED) is 0.767. The van der Waals surface area contributed by atoms with Crippen molar-refractivity contribution < 1.29 is 14.5 Å². The molecular weight excluding hydrogens is 314 g/mol. The fraction of sp³-hybridized carbons (Fsp3) is 0.600. The Balaban J connectivity index is 1.47. The van der Waals surface area contributed by atoms with Crippen molar-refractivity contribution in [2.24, 2.45) is 0 Å². The smallest absolute Gasteiger partial charge is 0.251 e. The first-order valence-electron chi connectivity index (χ1n) is 9.68. The summed E-state index contributed by atoms with van der Waals surface area (Å²) in [5.74, 6) is 0.103. The predicted molar refractivity (Wildman–Crippen MR) is 99.0 cm³/mol. The minimum absolute atomic E-state index is 0.0461. The maximum atomic E-state index is 12.4. The Kier molecular flexibility index (Phi) is 6.08. The van der Waals surface area contributed by atoms with E-state index in [2.05, 4.69) is 12.2 Å². The van der Waals surface area contributed by atoms with Gasteiger partial charge in [-0.1, -0.05) is 6.07 Å². The number of carbonyl (C=O) groups is 2. The number of hydrogen-bond acceptors (Lipinski definition) is 2. The molecule has 1 aromatic rings. The van der Waals surface area contributed by atoms with E-state index in [4.69, 9.17) is 0 Å². The number of nitrogens with one attached hydrogen (secondary N) is 2. The number of rotatable bonds is 6. The van der Waals surface area contributed by atoms with Crippen LogP contribution in [0.2, 0.25) is 0 Å². The van der Waals surface area contributed by atoms with Crippen molar-refractivity contribution in [1.82, 2.24) is 5.32 Å². The number of carbonyl (C=O) groups excluding carboxylic acids is 2. The first-order chi connectivity index (χ1) is 12.1. The first-order valence-corrected chi connectivity index (χ1v) is 9.68. The zero-order chi connectivity index (χ0) is 17.6. The van der Waals surface area contributed by atoms with E-state index in [1.807, 2.05) is 24.3 Å². The van der Waals surface area contributed by atoms with E-state index in [1.165, 1.54) is 25.8 Å². The number of amides is 2. The summed E-state index contributed by atoms with van der Waals surface area (Å²) in [7, 11) is 0. The van der Waals surface area contributed by atoms with Crippen LogP contribution in [0.4, 0.5) is 5.69 Å². The SMILES string of the molecule is C[C@@H]1CCCC[NH+]1CCCNC(=O)c1cccc(N2CCCC2=O)c1. The summed E-state index contributed by atoms with van der Waals surface area (Å²) < 4.78 is 0. The van der Waals surface area contributed by atoms with Gasteiger partial charge in [-0.15, -0.1) is 0 Å². The summed E-state index contributed by atoms with van der Waals surface area (Å²) >= 11 is 0. The van der Waals surface area contributed by atoms with Gasteiger partial charge in [0.05, 0.1) is 19.1 Å². The maximum Gasteiger partial charge on any atom is 0.251 e. The number of likely N-dealkylation sites (tertiary alicyclic amines) is 1. The molecule has 2 aliphatic heterocycles. The molecule has 5 heteroatoms. The Morgan fingerprint density at radius 2 is 2.20 bits per heavy atom. The summed E-state index contributed by atoms with van der Waals surface area (Å²) in [5, 5.41) is 3.03. The van der Waals surface area contributed by atoms with Crippen LogP contribution in [0.5, 0.6) is 0 Å². The number of hydrogen-bond donors (Lipinski definition) is 2. The van der Waals surface area contributed by atoms with Crippen LogP contribution in [0.1, 0.15) is 55.8 Å². The van der Waals surface area contributed by atoms with Gasteiger partial charge in [0.25, 0.3) is 5.91 Å². The fourth-order valence-electron chi connectivity index (χ4n) is 3.98. The van der Waals surface area contributed by atoms with Crippen LogP contribution in [-0.2, 0) is 4.79 Å². The lowest BCUT2D eigenvalue weighted by atomic mass is 10.0. The Bertz CT molecular complexity index is 617. The molecule has 2 N–H and O–H groups in total. The minimum Gasteiger partial charge on any atom is -0.352 e. The largest absolute Gasteiger partial charge is 0.352 e. The van der Waals surface area contributed by atoms with Crippen molar-refractivity contribution in [3.63, 3.8) is 0 Å². The van der Waals surface area contributed by atoms with Crippen LogP contribution in [0.25, 0.3) is 0 Å². The maximum absolute atomic E-state index is 12.4. The van der Waals surface area contributed by atoms with Crippen molar-refractivity contribution >= 4 is 17.5 Å². The molecule has 0 bridgehead atoms. The average molecular weight is 344 g/mol. The van der Waals surface area contributed by atoms with Crippen LogP contribution in [0, 0.1) is 0 Å². The van der Waals surface area contributed by atoms with Crippen molar-refractivity contribution in [2.45, 2.75) is 51.5 Å². The predicted octanol–water partition coefficient (Wildman–Crippen LogP) is 1.39. The Morgan fingerprint density at radius 3 is 2.96 bits per heavy atom. The number of nitrogens with zero attached hydrogens (tertiary/aromatic N) is 1. The summed E-state index contributed by atoms with van der Waals surface area (Å²) in [4.78, 5) is 27.7. The summed E-state index contributed by atoms with van der Waals surface area (Å²) in [6.45, 7) is 6.19. The Morgan fingerprint density at radius 1 is 1.32 bits per heavy atom. The second-order valence-corrected chi connectivity index (χ2v) is 7.36. The van der Waals surface area contributed by atoms with Crippen molar-refractivity contribution in [1.29, 1.82) is 0 Å². The molecule has 2 fully saturated rings. The number of anilines is 1. The molecule has 2 atom stereocenters. The van der Waals surface area contributed by atoms with Crippen molar-refractivity contribution in [2.75, 3.05) is 31.1 Å². The number of quaternary nitrogens is 1. The molecule has 136 valence electrons. The van der Waals surface area contributed by atoms with Crippen LogP contribution >= 0.6 is 0 Å². The Hall–Kier alpha value is -1.88. The van der Waals surface area contributed by atoms with Gasteiger partial charge in [0, 0.05) is 37.2 Å². The van der Waals surface area contributed by atoms with Gasteiger partial charge in [-0.25, -0.2) is 0 Å². The molecule has 2 saturated heterocycles. The molecule has 0 saturated carbocycles. The van der Waals surface area contributed by atoms with Crippen LogP contribution in [0.15, 0.2) is 24.3 Å². The third kappa shape index (κ3) is 4.60. The lowest BCUT2D eigenvalue weighted by molar-refractivity contribution is -0.928. The van der Waals surface area contributed by atoms with Gasteiger partial charge >= 0.3 is 0 Å². The average Bonchev–Trinajstić information content (AvgIpc) is 3.06. The van der Waals surface area contributed by atoms with Gasteiger partial charge in [0.15, 0.2) is 0 Å². The standard InChI is InChI=1S/C20H29N3O2/c1-16-7-2-3-12-22(16)13-6-11-21-20(25)17-8-4-9-18(15-17)23-14-5-10-19(23)24/h4,8-9,15-16H,2-3,5-7,10-14H2,1H3,(H,21,25)/p+1/t16-/m1/s1. The highest BCUT2D eigenvalue weighted by atomic mass is 16.2. The van der Waals surface area contributed by atoms with Gasteiger partial charge < -0.3 is 15.1 Å². The lowest BCUT2D eigenvalue weighted by Crippen LogP contribution is -3.16. The Labute approximate surface area is 150 Å². The monoisotopic (exact) mass is 344 g/mol. The van der Waals surface area contributed by atoms with Gasteiger partial charge in [0.2, 0.25) is 5.91 Å². The first kappa shape index (κ1) is 17.9. The summed E-state index contributed by atoms with van der Waals surface area (Å²) in [5.41, 5.74) is 1.47. The van der Waals surface area contributed by atoms with E-state index in [0.717, 1.165) is 37.7 Å². The summed E-state index contributed by atoms with van der Waals surface area (Å²) in [6.07, 6.45) is 6.52. The molecule has 2 amide bonds. The van der Waals surface area contributed by atoms with E-state index in [-0.39, 0.29) is 11.8 Å². The zero-order valence-electron chi connectivity index (χ0n) is 15.2. The number of benzene rings is 1. The van der Waals surface area contributed by atoms with E-state index >= 15 is 0 Å². The topological polar surface area (TPSA) is 53.9 Å². The second-order valence-electron chi connectivity index (χ2n) is 7.36. The van der Waals surface area contributed by atoms with E-state index in [9.17, 15) is 9.59 Å². The second kappa shape index (κ2) is 8.48. The van der Waals surface area contributed by atoms with E-state index in [1.54, 1.807) is 9.80 Å². The molecule has 0 spiro atoms. The zero-order valence-corrected chi connectivity index (χ0v) is 15.2. The van der Waals surface area contributed by atoms with E-state index in [0.29, 0.717) is 18.5 Å². The van der Waals surface area contributed by atoms with Crippen LogP contribution in [0.3, 0.4) is 0 Å². The van der Waals surface area contributed by atoms with Gasteiger partial charge in [-0.3, -0.25) is 9.59 Å². The third-order valence-electron chi connectivity index (χ3n) is 5.54. The molecule has 25 heavy (non-hydrogen) atoms.